The van der Waals surface area contributed by atoms with E-state index in [-0.39, 0.29) is 17.0 Å². The lowest BCUT2D eigenvalue weighted by molar-refractivity contribution is 0.132. The quantitative estimate of drug-likeness (QED) is 0.894. The van der Waals surface area contributed by atoms with Crippen LogP contribution in [0.4, 0.5) is 4.39 Å². The highest BCUT2D eigenvalue weighted by atomic mass is 32.2. The van der Waals surface area contributed by atoms with Gasteiger partial charge in [-0.15, -0.1) is 0 Å². The molecule has 1 N–H and O–H groups in total. The second-order valence-electron chi connectivity index (χ2n) is 5.70. The molecule has 0 atom stereocenters. The molecule has 6 nitrogen and oxygen atoms in total. The Morgan fingerprint density at radius 3 is 2.46 bits per heavy atom. The number of benzene rings is 1. The first-order chi connectivity index (χ1) is 11.5. The largest absolute Gasteiger partial charge is 0.460 e. The first kappa shape index (κ1) is 16.8. The van der Waals surface area contributed by atoms with Crippen LogP contribution in [0.25, 0.3) is 0 Å². The molecule has 0 radical (unpaired) electrons. The third kappa shape index (κ3) is 4.27. The average Bonchev–Trinajstić information content (AvgIpc) is 2.57. The summed E-state index contributed by atoms with van der Waals surface area (Å²) in [5, 5.41) is 0. The summed E-state index contributed by atoms with van der Waals surface area (Å²) in [5.74, 6) is -0.571. The van der Waals surface area contributed by atoms with Crippen molar-refractivity contribution in [1.29, 1.82) is 0 Å². The van der Waals surface area contributed by atoms with E-state index in [9.17, 15) is 12.8 Å². The van der Waals surface area contributed by atoms with E-state index in [4.69, 9.17) is 4.74 Å². The number of aromatic nitrogens is 2. The van der Waals surface area contributed by atoms with Crippen molar-refractivity contribution < 1.29 is 17.5 Å². The highest BCUT2D eigenvalue weighted by molar-refractivity contribution is 7.89. The summed E-state index contributed by atoms with van der Waals surface area (Å²) < 4.78 is 46.1. The molecule has 0 saturated heterocycles. The van der Waals surface area contributed by atoms with Gasteiger partial charge in [-0.25, -0.2) is 27.5 Å². The molecule has 1 aromatic heterocycles. The predicted molar refractivity (Wildman–Crippen MR) is 85.4 cm³/mol. The normalized spacial score (nSPS) is 21.4. The Labute approximate surface area is 140 Å². The Kier molecular flexibility index (Phi) is 5.06. The van der Waals surface area contributed by atoms with E-state index >= 15 is 0 Å². The van der Waals surface area contributed by atoms with Crippen LogP contribution in [0, 0.1) is 5.82 Å². The minimum absolute atomic E-state index is 0.0256. The van der Waals surface area contributed by atoms with E-state index < -0.39 is 15.8 Å². The third-order valence-electron chi connectivity index (χ3n) is 3.92. The van der Waals surface area contributed by atoms with Crippen molar-refractivity contribution in [2.24, 2.45) is 0 Å². The minimum atomic E-state index is -3.71. The number of hydrogen-bond acceptors (Lipinski definition) is 5. The highest BCUT2D eigenvalue weighted by Crippen LogP contribution is 2.23. The van der Waals surface area contributed by atoms with Crippen LogP contribution in [0.1, 0.15) is 25.7 Å². The van der Waals surface area contributed by atoms with Crippen LogP contribution in [-0.4, -0.2) is 30.5 Å². The first-order valence-corrected chi connectivity index (χ1v) is 9.23. The molecular weight excluding hydrogens is 333 g/mol. The van der Waals surface area contributed by atoms with Crippen LogP contribution in [-0.2, 0) is 10.0 Å². The van der Waals surface area contributed by atoms with Crippen LogP contribution in [0.3, 0.4) is 0 Å². The lowest BCUT2D eigenvalue weighted by atomic mass is 9.94. The summed E-state index contributed by atoms with van der Waals surface area (Å²) >= 11 is 0. The average molecular weight is 351 g/mol. The van der Waals surface area contributed by atoms with E-state index in [0.29, 0.717) is 31.7 Å². The molecule has 8 heteroatoms. The highest BCUT2D eigenvalue weighted by Gasteiger charge is 2.27. The molecule has 0 bridgehead atoms. The van der Waals surface area contributed by atoms with Crippen LogP contribution < -0.4 is 9.46 Å². The second-order valence-corrected chi connectivity index (χ2v) is 7.42. The van der Waals surface area contributed by atoms with Gasteiger partial charge in [-0.2, -0.15) is 0 Å². The topological polar surface area (TPSA) is 81.2 Å². The number of halogens is 1. The van der Waals surface area contributed by atoms with Crippen molar-refractivity contribution in [3.05, 3.63) is 48.5 Å². The van der Waals surface area contributed by atoms with Gasteiger partial charge >= 0.3 is 6.01 Å². The Bertz CT molecular complexity index is 778. The standard InChI is InChI=1S/C16H18FN3O3S/c17-12-3-1-4-15(11-12)24(21,22)20-13-5-7-14(8-6-13)23-16-18-9-2-10-19-16/h1-4,9-11,13-14,20H,5-8H2. The molecule has 1 aliphatic carbocycles. The summed E-state index contributed by atoms with van der Waals surface area (Å²) in [6.45, 7) is 0. The zero-order valence-electron chi connectivity index (χ0n) is 12.9. The maximum Gasteiger partial charge on any atom is 0.316 e. The number of rotatable bonds is 5. The second kappa shape index (κ2) is 7.23. The van der Waals surface area contributed by atoms with Gasteiger partial charge in [-0.1, -0.05) is 6.07 Å². The maximum atomic E-state index is 13.2. The van der Waals surface area contributed by atoms with Gasteiger partial charge in [-0.3, -0.25) is 0 Å². The Balaban J connectivity index is 1.55. The molecule has 0 unspecified atom stereocenters. The van der Waals surface area contributed by atoms with Crippen molar-refractivity contribution in [3.63, 3.8) is 0 Å². The lowest BCUT2D eigenvalue weighted by Gasteiger charge is -2.28. The fraction of sp³-hybridized carbons (Fsp3) is 0.375. The molecule has 1 heterocycles. The van der Waals surface area contributed by atoms with Gasteiger partial charge in [0.05, 0.1) is 4.90 Å². The van der Waals surface area contributed by atoms with Gasteiger partial charge in [0, 0.05) is 18.4 Å². The maximum absolute atomic E-state index is 13.2. The minimum Gasteiger partial charge on any atom is -0.460 e. The molecular formula is C16H18FN3O3S. The van der Waals surface area contributed by atoms with Crippen molar-refractivity contribution in [2.45, 2.75) is 42.7 Å². The van der Waals surface area contributed by atoms with E-state index in [2.05, 4.69) is 14.7 Å². The number of nitrogens with one attached hydrogen (secondary N) is 1. The monoisotopic (exact) mass is 351 g/mol. The summed E-state index contributed by atoms with van der Waals surface area (Å²) in [7, 11) is -3.71. The van der Waals surface area contributed by atoms with Crippen molar-refractivity contribution in [2.75, 3.05) is 0 Å². The molecule has 3 rings (SSSR count). The van der Waals surface area contributed by atoms with Gasteiger partial charge in [0.2, 0.25) is 10.0 Å². The fourth-order valence-electron chi connectivity index (χ4n) is 2.72. The van der Waals surface area contributed by atoms with Crippen LogP contribution in [0.15, 0.2) is 47.6 Å². The summed E-state index contributed by atoms with van der Waals surface area (Å²) in [5.41, 5.74) is 0. The number of sulfonamides is 1. The number of nitrogens with zero attached hydrogens (tertiary/aromatic N) is 2. The van der Waals surface area contributed by atoms with Crippen LogP contribution in [0.5, 0.6) is 6.01 Å². The van der Waals surface area contributed by atoms with Gasteiger partial charge in [0.25, 0.3) is 0 Å². The van der Waals surface area contributed by atoms with E-state index in [1.807, 2.05) is 0 Å². The smallest absolute Gasteiger partial charge is 0.316 e. The summed E-state index contributed by atoms with van der Waals surface area (Å²) in [6.07, 6.45) is 5.89. The number of ether oxygens (including phenoxy) is 1. The molecule has 1 saturated carbocycles. The van der Waals surface area contributed by atoms with Crippen LogP contribution in [0.2, 0.25) is 0 Å². The predicted octanol–water partition coefficient (Wildman–Crippen LogP) is 2.28. The summed E-state index contributed by atoms with van der Waals surface area (Å²) in [4.78, 5) is 7.98. The van der Waals surface area contributed by atoms with Crippen LogP contribution >= 0.6 is 0 Å². The molecule has 128 valence electrons. The zero-order valence-corrected chi connectivity index (χ0v) is 13.7. The molecule has 2 aromatic rings. The SMILES string of the molecule is O=S(=O)(NC1CCC(Oc2ncccn2)CC1)c1cccc(F)c1. The summed E-state index contributed by atoms with van der Waals surface area (Å²) in [6, 6.07) is 6.86. The lowest BCUT2D eigenvalue weighted by Crippen LogP contribution is -2.39. The zero-order chi connectivity index (χ0) is 17.0. The molecule has 0 amide bonds. The van der Waals surface area contributed by atoms with Crippen molar-refractivity contribution >= 4 is 10.0 Å². The Morgan fingerprint density at radius 1 is 1.08 bits per heavy atom. The van der Waals surface area contributed by atoms with E-state index in [1.54, 1.807) is 18.5 Å². The van der Waals surface area contributed by atoms with Gasteiger partial charge in [0.15, 0.2) is 0 Å². The third-order valence-corrected chi connectivity index (χ3v) is 5.43. The van der Waals surface area contributed by atoms with E-state index in [1.165, 1.54) is 18.2 Å². The molecule has 1 fully saturated rings. The Hall–Kier alpha value is -2.06. The Morgan fingerprint density at radius 2 is 1.79 bits per heavy atom. The molecule has 0 aliphatic heterocycles. The molecule has 0 spiro atoms. The van der Waals surface area contributed by atoms with Gasteiger partial charge in [-0.05, 0) is 49.9 Å². The molecule has 1 aliphatic rings. The first-order valence-electron chi connectivity index (χ1n) is 7.74. The van der Waals surface area contributed by atoms with Crippen molar-refractivity contribution in [1.82, 2.24) is 14.7 Å². The van der Waals surface area contributed by atoms with Gasteiger partial charge < -0.3 is 4.74 Å². The fourth-order valence-corrected chi connectivity index (χ4v) is 4.05. The molecule has 24 heavy (non-hydrogen) atoms. The number of hydrogen-bond donors (Lipinski definition) is 1. The molecule has 1 aromatic carbocycles. The van der Waals surface area contributed by atoms with E-state index in [0.717, 1.165) is 6.07 Å². The van der Waals surface area contributed by atoms with Crippen molar-refractivity contribution in [3.8, 4) is 6.01 Å². The van der Waals surface area contributed by atoms with Gasteiger partial charge in [0.1, 0.15) is 11.9 Å².